The summed E-state index contributed by atoms with van der Waals surface area (Å²) in [5, 5.41) is 5.16. The van der Waals surface area contributed by atoms with Gasteiger partial charge in [0.2, 0.25) is 17.8 Å². The van der Waals surface area contributed by atoms with Crippen LogP contribution >= 0.6 is 0 Å². The summed E-state index contributed by atoms with van der Waals surface area (Å²) < 4.78 is 47.3. The van der Waals surface area contributed by atoms with E-state index in [1.807, 2.05) is 24.5 Å². The lowest BCUT2D eigenvalue weighted by Gasteiger charge is -2.34. The van der Waals surface area contributed by atoms with Crippen LogP contribution in [-0.4, -0.2) is 95.1 Å². The number of carbonyl (C=O) groups is 4. The number of aromatic nitrogens is 5. The third-order valence-corrected chi connectivity index (χ3v) is 10.4. The van der Waals surface area contributed by atoms with Crippen molar-refractivity contribution in [2.24, 2.45) is 0 Å². The van der Waals surface area contributed by atoms with Gasteiger partial charge in [-0.1, -0.05) is 6.07 Å². The van der Waals surface area contributed by atoms with Gasteiger partial charge in [0.15, 0.2) is 11.6 Å². The highest BCUT2D eigenvalue weighted by Crippen LogP contribution is 2.32. The lowest BCUT2D eigenvalue weighted by atomic mass is 10.0. The van der Waals surface area contributed by atoms with Crippen molar-refractivity contribution in [1.29, 1.82) is 0 Å². The van der Waals surface area contributed by atoms with E-state index in [9.17, 15) is 19.2 Å². The van der Waals surface area contributed by atoms with Crippen molar-refractivity contribution in [2.75, 3.05) is 31.5 Å². The zero-order valence-corrected chi connectivity index (χ0v) is 30.8. The summed E-state index contributed by atoms with van der Waals surface area (Å²) in [4.78, 5) is 72.6. The van der Waals surface area contributed by atoms with Crippen LogP contribution in [0.4, 0.5) is 24.9 Å². The molecule has 288 valence electrons. The number of piperazine rings is 1. The average molecular weight is 767 g/mol. The first-order valence-electron chi connectivity index (χ1n) is 18.3. The molecule has 5 aromatic rings. The molecule has 14 nitrogen and oxygen atoms in total. The summed E-state index contributed by atoms with van der Waals surface area (Å²) in [7, 11) is 0. The van der Waals surface area contributed by atoms with Gasteiger partial charge in [0.1, 0.15) is 34.7 Å². The van der Waals surface area contributed by atoms with Crippen LogP contribution in [0.15, 0.2) is 48.8 Å². The molecular weight excluding hydrogens is 729 g/mol. The van der Waals surface area contributed by atoms with E-state index in [0.717, 1.165) is 22.7 Å². The number of imide groups is 2. The van der Waals surface area contributed by atoms with Crippen LogP contribution in [-0.2, 0) is 22.7 Å². The van der Waals surface area contributed by atoms with Gasteiger partial charge in [-0.25, -0.2) is 33.1 Å². The van der Waals surface area contributed by atoms with Crippen molar-refractivity contribution in [3.8, 4) is 11.3 Å². The van der Waals surface area contributed by atoms with E-state index in [4.69, 9.17) is 0 Å². The number of benzene rings is 2. The second-order valence-corrected chi connectivity index (χ2v) is 14.5. The van der Waals surface area contributed by atoms with Crippen LogP contribution in [0.2, 0.25) is 0 Å². The van der Waals surface area contributed by atoms with E-state index in [1.54, 1.807) is 25.3 Å². The Morgan fingerprint density at radius 1 is 0.839 bits per heavy atom. The molecule has 0 aliphatic carbocycles. The van der Waals surface area contributed by atoms with Gasteiger partial charge >= 0.3 is 0 Å². The zero-order chi connectivity index (χ0) is 39.4. The maximum Gasteiger partial charge on any atom is 0.262 e. The molecule has 1 atom stereocenters. The number of nitrogens with zero attached hydrogens (tertiary/aromatic N) is 8. The smallest absolute Gasteiger partial charge is 0.262 e. The molecular formula is C39H37F3N10O4. The van der Waals surface area contributed by atoms with Crippen LogP contribution < -0.4 is 10.6 Å². The quantitative estimate of drug-likeness (QED) is 0.201. The predicted molar refractivity (Wildman–Crippen MR) is 197 cm³/mol. The van der Waals surface area contributed by atoms with Crippen molar-refractivity contribution >= 4 is 46.4 Å². The van der Waals surface area contributed by atoms with Crippen LogP contribution in [0, 0.1) is 24.4 Å². The molecule has 2 N–H and O–H groups in total. The monoisotopic (exact) mass is 766 g/mol. The van der Waals surface area contributed by atoms with Gasteiger partial charge < -0.3 is 9.88 Å². The van der Waals surface area contributed by atoms with E-state index in [0.29, 0.717) is 49.9 Å². The summed E-state index contributed by atoms with van der Waals surface area (Å²) in [6, 6.07) is 7.91. The number of nitrogens with one attached hydrogen (secondary N) is 2. The minimum atomic E-state index is -1.12. The van der Waals surface area contributed by atoms with Gasteiger partial charge in [0.05, 0.1) is 22.8 Å². The number of imidazole rings is 1. The summed E-state index contributed by atoms with van der Waals surface area (Å²) in [6.07, 6.45) is 2.77. The van der Waals surface area contributed by atoms with Gasteiger partial charge in [0.25, 0.3) is 11.8 Å². The number of hydrogen-bond acceptors (Lipinski definition) is 11. The Hall–Kier alpha value is -6.07. The molecule has 3 aliphatic heterocycles. The second kappa shape index (κ2) is 14.5. The molecule has 0 saturated carbocycles. The topological polar surface area (TPSA) is 159 Å². The average Bonchev–Trinajstić information content (AvgIpc) is 3.62. The first kappa shape index (κ1) is 36.9. The Labute approximate surface area is 318 Å². The highest BCUT2D eigenvalue weighted by Gasteiger charge is 2.45. The lowest BCUT2D eigenvalue weighted by Crippen LogP contribution is -2.54. The molecule has 6 heterocycles. The summed E-state index contributed by atoms with van der Waals surface area (Å²) in [5.74, 6) is -3.32. The van der Waals surface area contributed by atoms with Crippen LogP contribution in [0.3, 0.4) is 0 Å². The molecule has 0 bridgehead atoms. The third-order valence-electron chi connectivity index (χ3n) is 10.4. The first-order chi connectivity index (χ1) is 26.8. The van der Waals surface area contributed by atoms with Gasteiger partial charge in [-0.05, 0) is 63.1 Å². The largest absolute Gasteiger partial charge is 0.326 e. The van der Waals surface area contributed by atoms with E-state index >= 15 is 13.2 Å². The Morgan fingerprint density at radius 3 is 2.23 bits per heavy atom. The van der Waals surface area contributed by atoms with Crippen molar-refractivity contribution < 1.29 is 32.3 Å². The summed E-state index contributed by atoms with van der Waals surface area (Å²) in [6.45, 7) is 9.18. The van der Waals surface area contributed by atoms with Crippen LogP contribution in [0.1, 0.15) is 70.4 Å². The van der Waals surface area contributed by atoms with Crippen molar-refractivity contribution in [3.63, 3.8) is 0 Å². The Bertz CT molecular complexity index is 2430. The highest BCUT2D eigenvalue weighted by atomic mass is 19.1. The number of hydrogen-bond donors (Lipinski definition) is 2. The number of pyridine rings is 1. The third kappa shape index (κ3) is 6.87. The maximum atomic E-state index is 15.3. The number of amides is 4. The van der Waals surface area contributed by atoms with Crippen molar-refractivity contribution in [1.82, 2.24) is 44.5 Å². The van der Waals surface area contributed by atoms with Gasteiger partial charge in [-0.2, -0.15) is 0 Å². The standard InChI is InChI=1S/C39H37F3N10O4/c1-20(2)51-21(3)45-35-28(41)13-23(14-31(35)51)34-29(42)17-44-39(48-34)46-32-6-4-22(16-43-32)18-49-8-10-50(11-9-49)19-24-12-25-26(15-27(24)40)38(56)52(37(25)55)30-5-7-33(53)47-36(30)54/h4,6,12-17,20,30H,5,7-11,18-19H2,1-3H3,(H,47,53,54)(H,43,44,46,48). The van der Waals surface area contributed by atoms with Crippen molar-refractivity contribution in [2.45, 2.75) is 58.8 Å². The number of anilines is 2. The molecule has 2 fully saturated rings. The Kier molecular flexibility index (Phi) is 9.58. The molecule has 8 rings (SSSR count). The molecule has 1 unspecified atom stereocenters. The molecule has 3 aromatic heterocycles. The van der Waals surface area contributed by atoms with Crippen molar-refractivity contribution in [3.05, 3.63) is 94.3 Å². The molecule has 3 aliphatic rings. The van der Waals surface area contributed by atoms with E-state index in [2.05, 4.69) is 40.4 Å². The lowest BCUT2D eigenvalue weighted by molar-refractivity contribution is -0.136. The molecule has 2 saturated heterocycles. The fraction of sp³-hybridized carbons (Fsp3) is 0.333. The van der Waals surface area contributed by atoms with Crippen LogP contribution in [0.5, 0.6) is 0 Å². The molecule has 4 amide bonds. The number of halogens is 3. The van der Waals surface area contributed by atoms with Gasteiger partial charge in [0, 0.05) is 69.1 Å². The Balaban J connectivity index is 0.875. The fourth-order valence-electron chi connectivity index (χ4n) is 7.65. The number of carbonyl (C=O) groups excluding carboxylic acids is 4. The number of piperidine rings is 1. The van der Waals surface area contributed by atoms with E-state index in [-0.39, 0.29) is 64.8 Å². The first-order valence-corrected chi connectivity index (χ1v) is 18.3. The predicted octanol–water partition coefficient (Wildman–Crippen LogP) is 4.66. The normalized spacial score (nSPS) is 18.0. The molecule has 17 heteroatoms. The number of aryl methyl sites for hydroxylation is 1. The van der Waals surface area contributed by atoms with Gasteiger partial charge in [-0.3, -0.25) is 39.2 Å². The minimum Gasteiger partial charge on any atom is -0.326 e. The summed E-state index contributed by atoms with van der Waals surface area (Å²) >= 11 is 0. The van der Waals surface area contributed by atoms with E-state index < -0.39 is 47.1 Å². The molecule has 0 radical (unpaired) electrons. The second-order valence-electron chi connectivity index (χ2n) is 14.5. The molecule has 2 aromatic carbocycles. The number of fused-ring (bicyclic) bond motifs is 2. The fourth-order valence-corrected chi connectivity index (χ4v) is 7.65. The summed E-state index contributed by atoms with van der Waals surface area (Å²) in [5.41, 5.74) is 2.12. The minimum absolute atomic E-state index is 0.00121. The molecule has 56 heavy (non-hydrogen) atoms. The number of rotatable bonds is 9. The maximum absolute atomic E-state index is 15.3. The SMILES string of the molecule is Cc1nc2c(F)cc(-c3nc(Nc4ccc(CN5CCN(Cc6cc7c(cc6F)C(=O)N(C6CCC(=O)NC6=O)C7=O)CC5)cn4)ncc3F)cc2n1C(C)C. The molecule has 0 spiro atoms. The Morgan fingerprint density at radius 2 is 1.55 bits per heavy atom. The van der Waals surface area contributed by atoms with E-state index in [1.165, 1.54) is 12.1 Å². The zero-order valence-electron chi connectivity index (χ0n) is 30.8. The van der Waals surface area contributed by atoms with Crippen LogP contribution in [0.25, 0.3) is 22.3 Å². The highest BCUT2D eigenvalue weighted by molar-refractivity contribution is 6.23. The van der Waals surface area contributed by atoms with Gasteiger partial charge in [-0.15, -0.1) is 0 Å².